The number of nitrogens with zero attached hydrogens (tertiary/aromatic N) is 1. The lowest BCUT2D eigenvalue weighted by molar-refractivity contribution is 0.100. The van der Waals surface area contributed by atoms with Gasteiger partial charge in [0, 0.05) is 24.7 Å². The van der Waals surface area contributed by atoms with Crippen LogP contribution in [0.2, 0.25) is 0 Å². The third-order valence-electron chi connectivity index (χ3n) is 6.41. The number of H-pyrrole nitrogens is 1. The Morgan fingerprint density at radius 3 is 2.66 bits per heavy atom. The Kier molecular flexibility index (Phi) is 6.26. The smallest absolute Gasteiger partial charge is 0.250 e. The van der Waals surface area contributed by atoms with E-state index < -0.39 is 15.9 Å². The minimum atomic E-state index is -3.17. The van der Waals surface area contributed by atoms with Gasteiger partial charge in [-0.2, -0.15) is 0 Å². The van der Waals surface area contributed by atoms with Crippen molar-refractivity contribution < 1.29 is 17.9 Å². The van der Waals surface area contributed by atoms with Gasteiger partial charge >= 0.3 is 0 Å². The van der Waals surface area contributed by atoms with Gasteiger partial charge in [-0.05, 0) is 73.1 Å². The van der Waals surface area contributed by atoms with Crippen LogP contribution in [0.4, 0.5) is 0 Å². The van der Waals surface area contributed by atoms with E-state index >= 15 is 0 Å². The third kappa shape index (κ3) is 4.25. The minimum absolute atomic E-state index is 0.124. The zero-order chi connectivity index (χ0) is 22.9. The maximum Gasteiger partial charge on any atom is 0.250 e. The van der Waals surface area contributed by atoms with Gasteiger partial charge in [0.2, 0.25) is 10.0 Å². The van der Waals surface area contributed by atoms with Crippen molar-refractivity contribution in [3.05, 3.63) is 65.1 Å². The number of benzene rings is 1. The summed E-state index contributed by atoms with van der Waals surface area (Å²) in [6.45, 7) is 2.70. The molecule has 0 saturated carbocycles. The number of aromatic nitrogens is 1. The summed E-state index contributed by atoms with van der Waals surface area (Å²) in [5.41, 5.74) is 10.0. The summed E-state index contributed by atoms with van der Waals surface area (Å²) >= 11 is 0. The van der Waals surface area contributed by atoms with Crippen LogP contribution < -0.4 is 5.73 Å². The van der Waals surface area contributed by atoms with Gasteiger partial charge in [0.25, 0.3) is 5.91 Å². The summed E-state index contributed by atoms with van der Waals surface area (Å²) in [5.74, 6) is 0.629. The van der Waals surface area contributed by atoms with Crippen molar-refractivity contribution in [2.75, 3.05) is 26.0 Å². The number of carbonyl (C=O) groups is 1. The number of hydrogen-bond acceptors (Lipinski definition) is 4. The predicted octanol–water partition coefficient (Wildman–Crippen LogP) is 3.67. The third-order valence-corrected chi connectivity index (χ3v) is 8.30. The second-order valence-corrected chi connectivity index (χ2v) is 10.5. The van der Waals surface area contributed by atoms with Crippen molar-refractivity contribution in [1.82, 2.24) is 9.29 Å². The Labute approximate surface area is 188 Å². The number of amides is 1. The molecule has 0 bridgehead atoms. The van der Waals surface area contributed by atoms with Crippen LogP contribution in [0.25, 0.3) is 16.5 Å². The number of rotatable bonds is 6. The zero-order valence-corrected chi connectivity index (χ0v) is 19.2. The highest BCUT2D eigenvalue weighted by Gasteiger charge is 2.29. The molecule has 4 rings (SSSR count). The fourth-order valence-electron chi connectivity index (χ4n) is 4.56. The molecule has 3 N–H and O–H groups in total. The van der Waals surface area contributed by atoms with Crippen LogP contribution in [0.1, 0.15) is 53.6 Å². The van der Waals surface area contributed by atoms with E-state index in [2.05, 4.69) is 11.1 Å². The molecule has 1 aromatic carbocycles. The fraction of sp³-hybridized carbons (Fsp3) is 0.375. The lowest BCUT2D eigenvalue weighted by Gasteiger charge is -2.31. The Bertz CT molecular complexity index is 1230. The van der Waals surface area contributed by atoms with Crippen LogP contribution in [0.5, 0.6) is 0 Å². The van der Waals surface area contributed by atoms with E-state index in [0.717, 1.165) is 46.2 Å². The largest absolute Gasteiger partial charge is 0.497 e. The standard InChI is InChI=1S/C24H29N3O4S/c1-3-32(29,30)27-11-9-17(10-12-27)22-15-26-23-20(22)13-18(14-21(23)24(25)28)16-5-4-6-19(31-2)8-7-16/h4,6-8,13-15,17,26H,3,5,9-12H2,1-2H3,(H2,25,28). The second kappa shape index (κ2) is 8.96. The van der Waals surface area contributed by atoms with Crippen molar-refractivity contribution in [2.45, 2.75) is 32.1 Å². The summed E-state index contributed by atoms with van der Waals surface area (Å²) in [6.07, 6.45) is 12.0. The quantitative estimate of drug-likeness (QED) is 0.693. The highest BCUT2D eigenvalue weighted by Crippen LogP contribution is 2.37. The topological polar surface area (TPSA) is 105 Å². The number of sulfonamides is 1. The van der Waals surface area contributed by atoms with Gasteiger partial charge in [0.1, 0.15) is 5.76 Å². The molecule has 0 radical (unpaired) electrons. The summed E-state index contributed by atoms with van der Waals surface area (Å²) in [5, 5.41) is 0.971. The highest BCUT2D eigenvalue weighted by molar-refractivity contribution is 7.89. The number of methoxy groups -OCH3 is 1. The van der Waals surface area contributed by atoms with E-state index in [9.17, 15) is 13.2 Å². The Balaban J connectivity index is 1.72. The molecule has 2 aliphatic rings. The van der Waals surface area contributed by atoms with Crippen LogP contribution in [0.15, 0.2) is 48.4 Å². The second-order valence-electron chi connectivity index (χ2n) is 8.20. The van der Waals surface area contributed by atoms with Crippen LogP contribution in [0.3, 0.4) is 0 Å². The first-order chi connectivity index (χ1) is 15.3. The molecule has 1 aliphatic carbocycles. The van der Waals surface area contributed by atoms with E-state index in [1.165, 1.54) is 0 Å². The number of hydrogen-bond donors (Lipinski definition) is 2. The molecule has 1 fully saturated rings. The molecule has 0 spiro atoms. The van der Waals surface area contributed by atoms with E-state index in [0.29, 0.717) is 25.1 Å². The number of ether oxygens (including phenoxy) is 1. The van der Waals surface area contributed by atoms with Gasteiger partial charge in [0.15, 0.2) is 0 Å². The van der Waals surface area contributed by atoms with Gasteiger partial charge in [-0.25, -0.2) is 12.7 Å². The molecule has 2 heterocycles. The Morgan fingerprint density at radius 2 is 2.00 bits per heavy atom. The number of nitrogens with one attached hydrogen (secondary N) is 1. The molecular formula is C24H29N3O4S. The number of nitrogens with two attached hydrogens (primary N) is 1. The van der Waals surface area contributed by atoms with Crippen molar-refractivity contribution >= 4 is 32.4 Å². The Morgan fingerprint density at radius 1 is 1.25 bits per heavy atom. The molecule has 1 saturated heterocycles. The van der Waals surface area contributed by atoms with Crippen molar-refractivity contribution in [1.29, 1.82) is 0 Å². The highest BCUT2D eigenvalue weighted by atomic mass is 32.2. The van der Waals surface area contributed by atoms with Gasteiger partial charge in [0.05, 0.1) is 23.9 Å². The monoisotopic (exact) mass is 455 g/mol. The molecule has 0 atom stereocenters. The van der Waals surface area contributed by atoms with E-state index in [-0.39, 0.29) is 11.7 Å². The molecular weight excluding hydrogens is 426 g/mol. The average molecular weight is 456 g/mol. The van der Waals surface area contributed by atoms with Crippen LogP contribution >= 0.6 is 0 Å². The predicted molar refractivity (Wildman–Crippen MR) is 127 cm³/mol. The number of fused-ring (bicyclic) bond motifs is 1. The lowest BCUT2D eigenvalue weighted by atomic mass is 9.88. The van der Waals surface area contributed by atoms with Gasteiger partial charge < -0.3 is 15.5 Å². The SMILES string of the molecule is CCS(=O)(=O)N1CCC(c2c[nH]c3c(C(N)=O)cc(C4=CC=C(OC)C=CC4)cc23)CC1. The van der Waals surface area contributed by atoms with Crippen molar-refractivity contribution in [3.63, 3.8) is 0 Å². The molecule has 32 heavy (non-hydrogen) atoms. The van der Waals surface area contributed by atoms with Crippen molar-refractivity contribution in [3.8, 4) is 0 Å². The number of aromatic amines is 1. The van der Waals surface area contributed by atoms with Crippen LogP contribution in [-0.4, -0.2) is 49.6 Å². The number of allylic oxidation sites excluding steroid dienone is 5. The van der Waals surface area contributed by atoms with E-state index in [4.69, 9.17) is 10.5 Å². The Hall–Kier alpha value is -2.84. The summed E-state index contributed by atoms with van der Waals surface area (Å²) in [4.78, 5) is 15.5. The lowest BCUT2D eigenvalue weighted by Crippen LogP contribution is -2.38. The van der Waals surface area contributed by atoms with Crippen LogP contribution in [-0.2, 0) is 14.8 Å². The van der Waals surface area contributed by atoms with Crippen LogP contribution in [0, 0.1) is 0 Å². The summed E-state index contributed by atoms with van der Waals surface area (Å²) < 4.78 is 31.3. The summed E-state index contributed by atoms with van der Waals surface area (Å²) in [7, 11) is -1.54. The normalized spacial score (nSPS) is 18.3. The number of primary amides is 1. The zero-order valence-electron chi connectivity index (χ0n) is 18.4. The molecule has 1 amide bonds. The van der Waals surface area contributed by atoms with E-state index in [1.807, 2.05) is 36.6 Å². The maximum atomic E-state index is 12.3. The molecule has 0 unspecified atom stereocenters. The first-order valence-electron chi connectivity index (χ1n) is 10.9. The molecule has 1 aliphatic heterocycles. The number of carbonyl (C=O) groups excluding carboxylic acids is 1. The molecule has 1 aromatic heterocycles. The van der Waals surface area contributed by atoms with Gasteiger partial charge in [-0.3, -0.25) is 4.79 Å². The molecule has 8 heteroatoms. The molecule has 2 aromatic rings. The number of piperidine rings is 1. The van der Waals surface area contributed by atoms with Gasteiger partial charge in [-0.1, -0.05) is 12.2 Å². The minimum Gasteiger partial charge on any atom is -0.497 e. The molecule has 170 valence electrons. The van der Waals surface area contributed by atoms with E-state index in [1.54, 1.807) is 18.3 Å². The maximum absolute atomic E-state index is 12.3. The molecule has 7 nitrogen and oxygen atoms in total. The first-order valence-corrected chi connectivity index (χ1v) is 12.5. The van der Waals surface area contributed by atoms with Gasteiger partial charge in [-0.15, -0.1) is 0 Å². The summed E-state index contributed by atoms with van der Waals surface area (Å²) in [6, 6.07) is 3.95. The first kappa shape index (κ1) is 22.4. The average Bonchev–Trinajstić information content (AvgIpc) is 3.07. The van der Waals surface area contributed by atoms with Crippen molar-refractivity contribution in [2.24, 2.45) is 5.73 Å². The fourth-order valence-corrected chi connectivity index (χ4v) is 5.69.